The van der Waals surface area contributed by atoms with E-state index in [1.54, 1.807) is 0 Å². The van der Waals surface area contributed by atoms with Crippen molar-refractivity contribution >= 4 is 32.8 Å². The van der Waals surface area contributed by atoms with Gasteiger partial charge in [-0.05, 0) is 30.7 Å². The highest BCUT2D eigenvalue weighted by Crippen LogP contribution is 2.23. The Bertz CT molecular complexity index is 813. The summed E-state index contributed by atoms with van der Waals surface area (Å²) in [5.74, 6) is -0.0812. The van der Waals surface area contributed by atoms with Gasteiger partial charge in [0.05, 0.1) is 12.5 Å². The number of hydrogen-bond acceptors (Lipinski definition) is 3. The van der Waals surface area contributed by atoms with Gasteiger partial charge in [0.15, 0.2) is 5.58 Å². The van der Waals surface area contributed by atoms with Crippen LogP contribution in [0.15, 0.2) is 57.5 Å². The predicted octanol–water partition coefficient (Wildman–Crippen LogP) is 4.01. The second-order valence-corrected chi connectivity index (χ2v) is 5.97. The van der Waals surface area contributed by atoms with Crippen molar-refractivity contribution in [1.29, 1.82) is 0 Å². The van der Waals surface area contributed by atoms with Crippen LogP contribution >= 0.6 is 15.9 Å². The Morgan fingerprint density at radius 3 is 2.77 bits per heavy atom. The van der Waals surface area contributed by atoms with Crippen molar-refractivity contribution in [2.24, 2.45) is 0 Å². The molecule has 0 aliphatic heterocycles. The minimum Gasteiger partial charge on any atom is -0.356 e. The molecule has 0 aliphatic carbocycles. The molecule has 0 spiro atoms. The Morgan fingerprint density at radius 1 is 1.23 bits per heavy atom. The third kappa shape index (κ3) is 3.04. The van der Waals surface area contributed by atoms with Gasteiger partial charge < -0.3 is 9.84 Å². The molecule has 3 rings (SSSR count). The van der Waals surface area contributed by atoms with E-state index in [1.165, 1.54) is 0 Å². The molecular weight excluding hydrogens is 344 g/mol. The van der Waals surface area contributed by atoms with Gasteiger partial charge in [-0.15, -0.1) is 0 Å². The van der Waals surface area contributed by atoms with Crippen LogP contribution in [-0.2, 0) is 11.2 Å². The highest BCUT2D eigenvalue weighted by atomic mass is 79.9. The quantitative estimate of drug-likeness (QED) is 0.766. The summed E-state index contributed by atoms with van der Waals surface area (Å²) in [7, 11) is 0. The van der Waals surface area contributed by atoms with Gasteiger partial charge in [0.1, 0.15) is 5.69 Å². The molecule has 1 atom stereocenters. The molecular formula is C17H15BrN2O2. The number of nitrogens with one attached hydrogen (secondary N) is 1. The van der Waals surface area contributed by atoms with Gasteiger partial charge >= 0.3 is 0 Å². The molecule has 1 heterocycles. The van der Waals surface area contributed by atoms with E-state index < -0.39 is 0 Å². The lowest BCUT2D eigenvalue weighted by molar-refractivity contribution is -0.121. The molecule has 5 heteroatoms. The van der Waals surface area contributed by atoms with Crippen molar-refractivity contribution in [3.63, 3.8) is 0 Å². The number of nitrogens with zero attached hydrogens (tertiary/aromatic N) is 1. The average molecular weight is 359 g/mol. The first-order chi connectivity index (χ1) is 10.6. The van der Waals surface area contributed by atoms with Crippen LogP contribution in [0.1, 0.15) is 24.2 Å². The maximum Gasteiger partial charge on any atom is 0.226 e. The van der Waals surface area contributed by atoms with Gasteiger partial charge in [0, 0.05) is 9.86 Å². The number of fused-ring (bicyclic) bond motifs is 1. The SMILES string of the molecule is C[C@H](NC(=O)Cc1noc2ccccc12)c1ccccc1Br. The zero-order chi connectivity index (χ0) is 15.5. The van der Waals surface area contributed by atoms with Crippen LogP contribution in [0.4, 0.5) is 0 Å². The summed E-state index contributed by atoms with van der Waals surface area (Å²) in [6.45, 7) is 1.96. The number of carbonyl (C=O) groups is 1. The second kappa shape index (κ2) is 6.32. The number of hydrogen-bond donors (Lipinski definition) is 1. The molecule has 112 valence electrons. The van der Waals surface area contributed by atoms with Crippen molar-refractivity contribution in [3.8, 4) is 0 Å². The molecule has 0 radical (unpaired) electrons. The molecule has 2 aromatic carbocycles. The maximum absolute atomic E-state index is 12.2. The first-order valence-electron chi connectivity index (χ1n) is 7.02. The Kier molecular flexibility index (Phi) is 4.24. The Morgan fingerprint density at radius 2 is 1.95 bits per heavy atom. The van der Waals surface area contributed by atoms with Gasteiger partial charge in [-0.1, -0.05) is 51.4 Å². The average Bonchev–Trinajstić information content (AvgIpc) is 2.91. The lowest BCUT2D eigenvalue weighted by Gasteiger charge is -2.15. The van der Waals surface area contributed by atoms with Crippen molar-refractivity contribution < 1.29 is 9.32 Å². The fourth-order valence-electron chi connectivity index (χ4n) is 2.41. The Hall–Kier alpha value is -2.14. The number of carbonyl (C=O) groups excluding carboxylic acids is 1. The van der Waals surface area contributed by atoms with Crippen LogP contribution in [0.25, 0.3) is 11.0 Å². The number of benzene rings is 2. The van der Waals surface area contributed by atoms with E-state index in [2.05, 4.69) is 26.4 Å². The lowest BCUT2D eigenvalue weighted by atomic mass is 10.1. The minimum absolute atomic E-state index is 0.0812. The minimum atomic E-state index is -0.0822. The molecule has 0 saturated carbocycles. The lowest BCUT2D eigenvalue weighted by Crippen LogP contribution is -2.28. The molecule has 0 aliphatic rings. The Labute approximate surface area is 136 Å². The van der Waals surface area contributed by atoms with Crippen molar-refractivity contribution in [3.05, 3.63) is 64.3 Å². The van der Waals surface area contributed by atoms with Crippen LogP contribution in [-0.4, -0.2) is 11.1 Å². The van der Waals surface area contributed by atoms with E-state index in [-0.39, 0.29) is 18.4 Å². The maximum atomic E-state index is 12.2. The first kappa shape index (κ1) is 14.8. The van der Waals surface area contributed by atoms with Crippen molar-refractivity contribution in [2.45, 2.75) is 19.4 Å². The molecule has 3 aromatic rings. The number of halogens is 1. The molecule has 1 N–H and O–H groups in total. The zero-order valence-corrected chi connectivity index (χ0v) is 13.6. The van der Waals surface area contributed by atoms with Crippen molar-refractivity contribution in [2.75, 3.05) is 0 Å². The van der Waals surface area contributed by atoms with Crippen LogP contribution in [0.3, 0.4) is 0 Å². The summed E-state index contributed by atoms with van der Waals surface area (Å²) in [6, 6.07) is 15.3. The fraction of sp³-hybridized carbons (Fsp3) is 0.176. The molecule has 22 heavy (non-hydrogen) atoms. The van der Waals surface area contributed by atoms with Gasteiger partial charge in [-0.3, -0.25) is 4.79 Å². The Balaban J connectivity index is 1.71. The molecule has 1 amide bonds. The summed E-state index contributed by atoms with van der Waals surface area (Å²) in [4.78, 5) is 12.2. The van der Waals surface area contributed by atoms with E-state index in [4.69, 9.17) is 4.52 Å². The number of amides is 1. The summed E-state index contributed by atoms with van der Waals surface area (Å²) in [5.41, 5.74) is 2.40. The van der Waals surface area contributed by atoms with Crippen LogP contribution < -0.4 is 5.32 Å². The summed E-state index contributed by atoms with van der Waals surface area (Å²) >= 11 is 3.50. The van der Waals surface area contributed by atoms with Gasteiger partial charge in [0.25, 0.3) is 0 Å². The van der Waals surface area contributed by atoms with Crippen molar-refractivity contribution in [1.82, 2.24) is 10.5 Å². The largest absolute Gasteiger partial charge is 0.356 e. The van der Waals surface area contributed by atoms with Crippen LogP contribution in [0, 0.1) is 0 Å². The molecule has 0 bridgehead atoms. The van der Waals surface area contributed by atoms with E-state index in [0.717, 1.165) is 15.4 Å². The predicted molar refractivity (Wildman–Crippen MR) is 88.4 cm³/mol. The highest BCUT2D eigenvalue weighted by Gasteiger charge is 2.15. The smallest absolute Gasteiger partial charge is 0.226 e. The van der Waals surface area contributed by atoms with Crippen LogP contribution in [0.2, 0.25) is 0 Å². The highest BCUT2D eigenvalue weighted by molar-refractivity contribution is 9.10. The third-order valence-corrected chi connectivity index (χ3v) is 4.25. The van der Waals surface area contributed by atoms with E-state index >= 15 is 0 Å². The standard InChI is InChI=1S/C17H15BrN2O2/c1-11(12-6-2-4-8-14(12)18)19-17(21)10-15-13-7-3-5-9-16(13)22-20-15/h2-9,11H,10H2,1H3,(H,19,21)/t11-/m0/s1. The van der Waals surface area contributed by atoms with E-state index in [9.17, 15) is 4.79 Å². The molecule has 0 fully saturated rings. The molecule has 4 nitrogen and oxygen atoms in total. The third-order valence-electron chi connectivity index (χ3n) is 3.53. The van der Waals surface area contributed by atoms with Crippen LogP contribution in [0.5, 0.6) is 0 Å². The zero-order valence-electron chi connectivity index (χ0n) is 12.0. The van der Waals surface area contributed by atoms with E-state index in [0.29, 0.717) is 11.3 Å². The monoisotopic (exact) mass is 358 g/mol. The number of aromatic nitrogens is 1. The van der Waals surface area contributed by atoms with E-state index in [1.807, 2.05) is 55.5 Å². The summed E-state index contributed by atoms with van der Waals surface area (Å²) in [6.07, 6.45) is 0.200. The number of para-hydroxylation sites is 1. The summed E-state index contributed by atoms with van der Waals surface area (Å²) < 4.78 is 6.20. The first-order valence-corrected chi connectivity index (χ1v) is 7.81. The summed E-state index contributed by atoms with van der Waals surface area (Å²) in [5, 5.41) is 7.86. The van der Waals surface area contributed by atoms with Gasteiger partial charge in [-0.2, -0.15) is 0 Å². The molecule has 0 saturated heterocycles. The number of rotatable bonds is 4. The molecule has 1 aromatic heterocycles. The topological polar surface area (TPSA) is 55.1 Å². The van der Waals surface area contributed by atoms with Gasteiger partial charge in [-0.25, -0.2) is 0 Å². The fourth-order valence-corrected chi connectivity index (χ4v) is 3.04. The van der Waals surface area contributed by atoms with Gasteiger partial charge in [0.2, 0.25) is 5.91 Å². The second-order valence-electron chi connectivity index (χ2n) is 5.11. The molecule has 0 unspecified atom stereocenters. The normalized spacial score (nSPS) is 12.3.